The summed E-state index contributed by atoms with van der Waals surface area (Å²) in [6, 6.07) is 0. The van der Waals surface area contributed by atoms with Crippen molar-refractivity contribution < 1.29 is 47.1 Å². The maximum absolute atomic E-state index is 10.2. The van der Waals surface area contributed by atoms with Crippen molar-refractivity contribution in [1.82, 2.24) is 0 Å². The molecule has 2 N–H and O–H groups in total. The van der Waals surface area contributed by atoms with Crippen LogP contribution in [0, 0.1) is 0 Å². The maximum atomic E-state index is 10.2. The van der Waals surface area contributed by atoms with E-state index in [2.05, 4.69) is 0 Å². The second-order valence-electron chi connectivity index (χ2n) is 3.27. The molecule has 0 amide bonds. The van der Waals surface area contributed by atoms with Crippen LogP contribution in [0.2, 0.25) is 0 Å². The molecular weight excluding hydrogens is 267 g/mol. The van der Waals surface area contributed by atoms with Gasteiger partial charge in [0.05, 0.1) is 24.2 Å². The minimum Gasteiger partial charge on any atom is -0.748 e. The molecule has 0 aliphatic heterocycles. The minimum atomic E-state index is -4.10. The van der Waals surface area contributed by atoms with Gasteiger partial charge >= 0.3 is 29.6 Å². The van der Waals surface area contributed by atoms with E-state index in [0.717, 1.165) is 0 Å². The molecule has 0 heterocycles. The molecule has 5 nitrogen and oxygen atoms in total. The fourth-order valence-corrected chi connectivity index (χ4v) is 2.29. The van der Waals surface area contributed by atoms with Crippen LogP contribution in [0.25, 0.3) is 0 Å². The second-order valence-corrected chi connectivity index (χ2v) is 6.52. The Morgan fingerprint density at radius 3 is 2.33 bits per heavy atom. The molecule has 84 valence electrons. The summed E-state index contributed by atoms with van der Waals surface area (Å²) in [6.45, 7) is 0. The zero-order chi connectivity index (χ0) is 11.4. The summed E-state index contributed by atoms with van der Waals surface area (Å²) in [5.41, 5.74) is 0. The molecule has 0 fully saturated rings. The van der Waals surface area contributed by atoms with E-state index in [1.54, 1.807) is 14.1 Å². The first-order chi connectivity index (χ1) is 6.13. The summed E-state index contributed by atoms with van der Waals surface area (Å²) in [4.78, 5) is 0. The summed E-state index contributed by atoms with van der Waals surface area (Å²) < 4.78 is 31.4. The van der Waals surface area contributed by atoms with Gasteiger partial charge in [-0.05, 0) is 18.6 Å². The smallest absolute Gasteiger partial charge is 0.748 e. The standard InChI is InChI=1S/C6H14N2O3S3.Na/c1-8(2,7)6(12)13-4-3-5-14(9,10)11;/h3-5,7H2,1-2H3;/q;+1. The molecule has 0 aromatic heterocycles. The number of rotatable bonds is 4. The van der Waals surface area contributed by atoms with Gasteiger partial charge in [-0.1, -0.05) is 11.8 Å². The summed E-state index contributed by atoms with van der Waals surface area (Å²) in [5, 5.41) is 0. The van der Waals surface area contributed by atoms with E-state index in [4.69, 9.17) is 18.1 Å². The van der Waals surface area contributed by atoms with Crippen molar-refractivity contribution in [3.05, 3.63) is 0 Å². The van der Waals surface area contributed by atoms with Gasteiger partial charge in [0, 0.05) is 11.5 Å². The number of nitrogens with two attached hydrogens (primary N) is 1. The monoisotopic (exact) mass is 281 g/mol. The van der Waals surface area contributed by atoms with Crippen molar-refractivity contribution in [2.75, 3.05) is 25.6 Å². The minimum absolute atomic E-state index is 0. The molecule has 0 aromatic carbocycles. The molecule has 9 heteroatoms. The van der Waals surface area contributed by atoms with Crippen LogP contribution in [0.15, 0.2) is 0 Å². The molecule has 0 atom stereocenters. The number of thiocarbonyl (C=S) groups is 1. The third-order valence-corrected chi connectivity index (χ3v) is 4.06. The Bertz CT molecular complexity index is 299. The van der Waals surface area contributed by atoms with Crippen molar-refractivity contribution in [3.8, 4) is 0 Å². The predicted octanol–water partition coefficient (Wildman–Crippen LogP) is -3.11. The average Bonchev–Trinajstić information content (AvgIpc) is 1.93. The number of hydrogen-bond donors (Lipinski definition) is 1. The van der Waals surface area contributed by atoms with Gasteiger partial charge in [-0.3, -0.25) is 0 Å². The third kappa shape index (κ3) is 11.5. The summed E-state index contributed by atoms with van der Waals surface area (Å²) >= 11 is 6.28. The van der Waals surface area contributed by atoms with Crippen LogP contribution in [-0.2, 0) is 10.1 Å². The van der Waals surface area contributed by atoms with Gasteiger partial charge in [-0.15, -0.1) is 0 Å². The Kier molecular flexibility index (Phi) is 9.40. The van der Waals surface area contributed by atoms with Gasteiger partial charge in [0.15, 0.2) is 0 Å². The molecule has 0 unspecified atom stereocenters. The molecular formula is C6H14N2NaO3S3+. The summed E-state index contributed by atoms with van der Waals surface area (Å²) in [7, 11) is -0.657. The van der Waals surface area contributed by atoms with Crippen LogP contribution < -0.4 is 35.4 Å². The molecule has 15 heavy (non-hydrogen) atoms. The van der Waals surface area contributed by atoms with Crippen molar-refractivity contribution >= 4 is 38.4 Å². The largest absolute Gasteiger partial charge is 1.00 e. The average molecular weight is 281 g/mol. The van der Waals surface area contributed by atoms with Crippen molar-refractivity contribution in [1.29, 1.82) is 0 Å². The first-order valence-electron chi connectivity index (χ1n) is 3.86. The van der Waals surface area contributed by atoms with Gasteiger partial charge in [0.25, 0.3) is 4.32 Å². The third-order valence-electron chi connectivity index (χ3n) is 1.23. The van der Waals surface area contributed by atoms with Gasteiger partial charge in [-0.25, -0.2) is 13.0 Å². The van der Waals surface area contributed by atoms with Crippen LogP contribution in [0.3, 0.4) is 0 Å². The van der Waals surface area contributed by atoms with Crippen LogP contribution in [0.1, 0.15) is 6.42 Å². The quantitative estimate of drug-likeness (QED) is 0.112. The number of hydrogen-bond acceptors (Lipinski definition) is 6. The molecule has 0 aliphatic rings. The number of thioether (sulfide) groups is 1. The first kappa shape index (κ1) is 18.6. The predicted molar refractivity (Wildman–Crippen MR) is 60.5 cm³/mol. The molecule has 0 radical (unpaired) electrons. The van der Waals surface area contributed by atoms with E-state index in [0.29, 0.717) is 16.5 Å². The van der Waals surface area contributed by atoms with E-state index in [1.807, 2.05) is 0 Å². The van der Waals surface area contributed by atoms with E-state index >= 15 is 0 Å². The topological polar surface area (TPSA) is 83.2 Å². The van der Waals surface area contributed by atoms with Crippen molar-refractivity contribution in [3.63, 3.8) is 0 Å². The second kappa shape index (κ2) is 7.57. The molecule has 0 saturated heterocycles. The maximum Gasteiger partial charge on any atom is 1.00 e. The summed E-state index contributed by atoms with van der Waals surface area (Å²) in [6.07, 6.45) is 0.302. The number of nitrogens with zero attached hydrogens (tertiary/aromatic N) is 1. The van der Waals surface area contributed by atoms with Gasteiger partial charge in [0.1, 0.15) is 0 Å². The Hall–Kier alpha value is 1.27. The molecule has 0 saturated carbocycles. The van der Waals surface area contributed by atoms with E-state index in [9.17, 15) is 13.0 Å². The van der Waals surface area contributed by atoms with E-state index in [-0.39, 0.29) is 39.9 Å². The first-order valence-corrected chi connectivity index (χ1v) is 6.83. The summed E-state index contributed by atoms with van der Waals surface area (Å²) in [5.74, 6) is 5.80. The Morgan fingerprint density at radius 1 is 1.53 bits per heavy atom. The Labute approximate surface area is 122 Å². The molecule has 0 aliphatic carbocycles. The van der Waals surface area contributed by atoms with Crippen molar-refractivity contribution in [2.45, 2.75) is 6.42 Å². The van der Waals surface area contributed by atoms with Crippen molar-refractivity contribution in [2.24, 2.45) is 5.84 Å². The number of quaternary nitrogens is 1. The van der Waals surface area contributed by atoms with Crippen LogP contribution >= 0.6 is 24.0 Å². The SMILES string of the molecule is C[N+](C)(N)C(=S)SCCCS(=O)(=O)[O-].[Na+]. The normalized spacial score (nSPS) is 12.0. The molecule has 0 spiro atoms. The molecule has 0 aromatic rings. The molecule has 0 rings (SSSR count). The Morgan fingerprint density at radius 2 is 2.00 bits per heavy atom. The Balaban J connectivity index is 0. The van der Waals surface area contributed by atoms with Crippen LogP contribution in [0.5, 0.6) is 0 Å². The fraction of sp³-hybridized carbons (Fsp3) is 0.833. The van der Waals surface area contributed by atoms with Gasteiger partial charge < -0.3 is 4.55 Å². The van der Waals surface area contributed by atoms with Gasteiger partial charge in [-0.2, -0.15) is 5.84 Å². The van der Waals surface area contributed by atoms with E-state index in [1.165, 1.54) is 11.8 Å². The zero-order valence-corrected chi connectivity index (χ0v) is 13.5. The zero-order valence-electron chi connectivity index (χ0n) is 9.10. The van der Waals surface area contributed by atoms with Gasteiger partial charge in [0.2, 0.25) is 0 Å². The van der Waals surface area contributed by atoms with Crippen LogP contribution in [-0.4, -0.2) is 47.5 Å². The van der Waals surface area contributed by atoms with Crippen LogP contribution in [0.4, 0.5) is 0 Å². The fourth-order valence-electron chi connectivity index (χ4n) is 0.562. The van der Waals surface area contributed by atoms with E-state index < -0.39 is 10.1 Å². The molecule has 0 bridgehead atoms.